The molecule has 0 saturated carbocycles. The molecule has 3 heterocycles. The van der Waals surface area contributed by atoms with Gasteiger partial charge in [-0.15, -0.1) is 0 Å². The Morgan fingerprint density at radius 2 is 1.73 bits per heavy atom. The third-order valence-electron chi connectivity index (χ3n) is 6.20. The summed E-state index contributed by atoms with van der Waals surface area (Å²) in [6, 6.07) is 18.5. The monoisotopic (exact) mass is 440 g/mol. The van der Waals surface area contributed by atoms with Crippen molar-refractivity contribution in [3.8, 4) is 11.3 Å². The van der Waals surface area contributed by atoms with Crippen molar-refractivity contribution in [2.45, 2.75) is 13.0 Å². The number of piperazine rings is 1. The molecule has 1 saturated heterocycles. The molecule has 7 heteroatoms. The van der Waals surface area contributed by atoms with Crippen LogP contribution in [0.4, 0.5) is 0 Å². The zero-order chi connectivity index (χ0) is 22.9. The van der Waals surface area contributed by atoms with Crippen molar-refractivity contribution in [3.63, 3.8) is 0 Å². The molecule has 1 aliphatic heterocycles. The van der Waals surface area contributed by atoms with Crippen molar-refractivity contribution in [1.29, 1.82) is 0 Å². The van der Waals surface area contributed by atoms with Crippen LogP contribution in [0.15, 0.2) is 73.1 Å². The summed E-state index contributed by atoms with van der Waals surface area (Å²) in [5.41, 5.74) is 3.71. The highest BCUT2D eigenvalue weighted by molar-refractivity contribution is 6.42. The van der Waals surface area contributed by atoms with Crippen molar-refractivity contribution < 1.29 is 14.4 Å². The molecular weight excluding hydrogens is 416 g/mol. The number of aromatic nitrogens is 2. The fourth-order valence-corrected chi connectivity index (χ4v) is 4.37. The van der Waals surface area contributed by atoms with Crippen LogP contribution in [0.1, 0.15) is 27.6 Å². The maximum atomic E-state index is 13.0. The van der Waals surface area contributed by atoms with Crippen LogP contribution in [-0.4, -0.2) is 63.0 Å². The summed E-state index contributed by atoms with van der Waals surface area (Å²) in [5.74, 6) is -1.15. The maximum absolute atomic E-state index is 13.0. The molecule has 1 atom stereocenters. The number of carbonyl (C=O) groups excluding carboxylic acids is 3. The molecule has 5 rings (SSSR count). The second kappa shape index (κ2) is 8.43. The van der Waals surface area contributed by atoms with Crippen LogP contribution >= 0.6 is 0 Å². The Morgan fingerprint density at radius 1 is 0.909 bits per heavy atom. The Labute approximate surface area is 191 Å². The van der Waals surface area contributed by atoms with E-state index in [1.54, 1.807) is 34.2 Å². The Hall–Kier alpha value is -4.13. The molecule has 0 bridgehead atoms. The van der Waals surface area contributed by atoms with E-state index in [0.717, 1.165) is 22.2 Å². The van der Waals surface area contributed by atoms with E-state index in [9.17, 15) is 14.4 Å². The largest absolute Gasteiger partial charge is 0.361 e. The van der Waals surface area contributed by atoms with Gasteiger partial charge >= 0.3 is 0 Å². The van der Waals surface area contributed by atoms with Crippen LogP contribution < -0.4 is 0 Å². The summed E-state index contributed by atoms with van der Waals surface area (Å²) >= 11 is 0. The maximum Gasteiger partial charge on any atom is 0.295 e. The van der Waals surface area contributed by atoms with E-state index < -0.39 is 11.7 Å². The molecule has 7 nitrogen and oxygen atoms in total. The highest BCUT2D eigenvalue weighted by atomic mass is 16.2. The second-order valence-corrected chi connectivity index (χ2v) is 8.38. The molecule has 33 heavy (non-hydrogen) atoms. The summed E-state index contributed by atoms with van der Waals surface area (Å²) in [6.07, 6.45) is 3.46. The number of nitrogens with zero attached hydrogens (tertiary/aromatic N) is 2. The van der Waals surface area contributed by atoms with Gasteiger partial charge in [0.25, 0.3) is 17.6 Å². The number of ketones is 1. The highest BCUT2D eigenvalue weighted by Crippen LogP contribution is 2.24. The van der Waals surface area contributed by atoms with E-state index >= 15 is 0 Å². The lowest BCUT2D eigenvalue weighted by atomic mass is 10.1. The first-order valence-electron chi connectivity index (χ1n) is 11.0. The smallest absolute Gasteiger partial charge is 0.295 e. The molecule has 2 aromatic carbocycles. The van der Waals surface area contributed by atoms with Gasteiger partial charge in [0.1, 0.15) is 0 Å². The molecule has 0 spiro atoms. The van der Waals surface area contributed by atoms with Crippen LogP contribution in [0.3, 0.4) is 0 Å². The Morgan fingerprint density at radius 3 is 2.52 bits per heavy atom. The van der Waals surface area contributed by atoms with Gasteiger partial charge < -0.3 is 19.8 Å². The van der Waals surface area contributed by atoms with Gasteiger partial charge in [-0.1, -0.05) is 24.3 Å². The van der Waals surface area contributed by atoms with Gasteiger partial charge in [0.2, 0.25) is 0 Å². The van der Waals surface area contributed by atoms with E-state index in [1.807, 2.05) is 55.6 Å². The van der Waals surface area contributed by atoms with E-state index in [0.29, 0.717) is 30.8 Å². The van der Waals surface area contributed by atoms with Gasteiger partial charge in [0.05, 0.1) is 0 Å². The van der Waals surface area contributed by atoms with Gasteiger partial charge in [0.15, 0.2) is 0 Å². The lowest BCUT2D eigenvalue weighted by Gasteiger charge is -2.39. The number of aromatic amines is 2. The Kier molecular flexibility index (Phi) is 5.30. The first kappa shape index (κ1) is 20.8. The number of rotatable bonds is 4. The van der Waals surface area contributed by atoms with Gasteiger partial charge in [-0.3, -0.25) is 14.4 Å². The minimum atomic E-state index is -0.546. The number of fused-ring (bicyclic) bond motifs is 1. The topological polar surface area (TPSA) is 89.3 Å². The summed E-state index contributed by atoms with van der Waals surface area (Å²) in [7, 11) is 0. The van der Waals surface area contributed by atoms with Crippen LogP contribution in [0.25, 0.3) is 22.2 Å². The molecular formula is C26H24N4O3. The molecule has 1 aliphatic rings. The number of H-pyrrole nitrogens is 2. The van der Waals surface area contributed by atoms with Gasteiger partial charge in [-0.05, 0) is 48.9 Å². The average Bonchev–Trinajstić information content (AvgIpc) is 3.52. The normalized spacial score (nSPS) is 16.2. The highest BCUT2D eigenvalue weighted by Gasteiger charge is 2.33. The summed E-state index contributed by atoms with van der Waals surface area (Å²) in [4.78, 5) is 48.2. The molecule has 166 valence electrons. The fourth-order valence-electron chi connectivity index (χ4n) is 4.37. The predicted octanol–water partition coefficient (Wildman–Crippen LogP) is 3.72. The average molecular weight is 441 g/mol. The standard InChI is InChI=1S/C26H24N4O3/c1-17-16-29(25(32)18-5-3-2-4-6-18)11-12-30(17)26(33)24(31)21-14-23(28-15-21)19-7-8-22-20(13-19)9-10-27-22/h2-10,13-15,17,27-28H,11-12,16H2,1H3/t17-/m1/s1. The quantitative estimate of drug-likeness (QED) is 0.374. The lowest BCUT2D eigenvalue weighted by Crippen LogP contribution is -2.56. The van der Waals surface area contributed by atoms with Crippen LogP contribution in [0, 0.1) is 0 Å². The number of hydrogen-bond acceptors (Lipinski definition) is 3. The number of benzene rings is 2. The van der Waals surface area contributed by atoms with Crippen molar-refractivity contribution in [1.82, 2.24) is 19.8 Å². The van der Waals surface area contributed by atoms with E-state index in [-0.39, 0.29) is 11.9 Å². The molecule has 2 aromatic heterocycles. The molecule has 2 amide bonds. The third-order valence-corrected chi connectivity index (χ3v) is 6.20. The van der Waals surface area contributed by atoms with Gasteiger partial charge in [-0.25, -0.2) is 0 Å². The predicted molar refractivity (Wildman–Crippen MR) is 126 cm³/mol. The van der Waals surface area contributed by atoms with Crippen LogP contribution in [-0.2, 0) is 4.79 Å². The number of hydrogen-bond donors (Lipinski definition) is 2. The lowest BCUT2D eigenvalue weighted by molar-refractivity contribution is -0.130. The molecule has 0 radical (unpaired) electrons. The molecule has 1 fully saturated rings. The minimum Gasteiger partial charge on any atom is -0.361 e. The number of Topliss-reactive ketones (excluding diaryl/α,β-unsaturated/α-hetero) is 1. The molecule has 4 aromatic rings. The zero-order valence-corrected chi connectivity index (χ0v) is 18.2. The first-order valence-corrected chi connectivity index (χ1v) is 11.0. The SMILES string of the molecule is C[C@@H]1CN(C(=O)c2ccccc2)CCN1C(=O)C(=O)c1c[nH]c(-c2ccc3[nH]ccc3c2)c1. The van der Waals surface area contributed by atoms with Crippen LogP contribution in [0.2, 0.25) is 0 Å². The van der Waals surface area contributed by atoms with E-state index in [2.05, 4.69) is 9.97 Å². The molecule has 0 aliphatic carbocycles. The zero-order valence-electron chi connectivity index (χ0n) is 18.2. The van der Waals surface area contributed by atoms with Gasteiger partial charge in [0, 0.05) is 65.8 Å². The van der Waals surface area contributed by atoms with Crippen molar-refractivity contribution in [3.05, 3.63) is 84.2 Å². The summed E-state index contributed by atoms with van der Waals surface area (Å²) in [5, 5.41) is 1.07. The molecule has 2 N–H and O–H groups in total. The van der Waals surface area contributed by atoms with Crippen molar-refractivity contribution in [2.75, 3.05) is 19.6 Å². The summed E-state index contributed by atoms with van der Waals surface area (Å²) < 4.78 is 0. The minimum absolute atomic E-state index is 0.0597. The van der Waals surface area contributed by atoms with Crippen molar-refractivity contribution >= 4 is 28.5 Å². The van der Waals surface area contributed by atoms with Crippen molar-refractivity contribution in [2.24, 2.45) is 0 Å². The first-order chi connectivity index (χ1) is 16.0. The summed E-state index contributed by atoms with van der Waals surface area (Å²) in [6.45, 7) is 2.98. The number of nitrogens with one attached hydrogen (secondary N) is 2. The second-order valence-electron chi connectivity index (χ2n) is 8.38. The number of amides is 2. The Bertz CT molecular complexity index is 1340. The Balaban J connectivity index is 1.27. The third kappa shape index (κ3) is 3.93. The van der Waals surface area contributed by atoms with Gasteiger partial charge in [-0.2, -0.15) is 0 Å². The number of carbonyl (C=O) groups is 3. The molecule has 0 unspecified atom stereocenters. The van der Waals surface area contributed by atoms with Crippen LogP contribution in [0.5, 0.6) is 0 Å². The fraction of sp³-hybridized carbons (Fsp3) is 0.192. The van der Waals surface area contributed by atoms with E-state index in [1.165, 1.54) is 0 Å². The van der Waals surface area contributed by atoms with E-state index in [4.69, 9.17) is 0 Å².